The molecule has 0 radical (unpaired) electrons. The van der Waals surface area contributed by atoms with Gasteiger partial charge in [0.15, 0.2) is 0 Å². The van der Waals surface area contributed by atoms with Crippen molar-refractivity contribution in [2.75, 3.05) is 5.75 Å². The summed E-state index contributed by atoms with van der Waals surface area (Å²) in [4.78, 5) is 18.0. The van der Waals surface area contributed by atoms with Gasteiger partial charge in [0, 0.05) is 5.75 Å². The van der Waals surface area contributed by atoms with E-state index < -0.39 is 4.92 Å². The van der Waals surface area contributed by atoms with E-state index in [1.165, 1.54) is 28.7 Å². The summed E-state index contributed by atoms with van der Waals surface area (Å²) < 4.78 is 1.33. The van der Waals surface area contributed by atoms with Crippen molar-refractivity contribution in [3.63, 3.8) is 0 Å². The molecule has 0 amide bonds. The normalized spacial score (nSPS) is 10.8. The van der Waals surface area contributed by atoms with Crippen molar-refractivity contribution in [2.45, 2.75) is 18.5 Å². The van der Waals surface area contributed by atoms with Gasteiger partial charge in [-0.1, -0.05) is 18.7 Å². The lowest BCUT2D eigenvalue weighted by molar-refractivity contribution is -0.385. The second-order valence-electron chi connectivity index (χ2n) is 3.06. The molecule has 0 aliphatic carbocycles. The largest absolute Gasteiger partial charge is 0.305 e. The van der Waals surface area contributed by atoms with Crippen LogP contribution in [0.15, 0.2) is 17.6 Å². The Balaban J connectivity index is 2.34. The number of nitrogens with zero attached hydrogens (tertiary/aromatic N) is 5. The standard InChI is InChI=1S/C8H9N5O2S/c1-2-3-16-8-10-7-9-4-6(13(14)15)5-12(7)11-8/h4-5H,2-3H2,1H3. The predicted molar refractivity (Wildman–Crippen MR) is 58.5 cm³/mol. The zero-order valence-corrected chi connectivity index (χ0v) is 9.35. The Morgan fingerprint density at radius 2 is 2.44 bits per heavy atom. The molecule has 0 N–H and O–H groups in total. The van der Waals surface area contributed by atoms with Gasteiger partial charge in [0.2, 0.25) is 5.16 Å². The molecule has 0 aromatic carbocycles. The maximum absolute atomic E-state index is 10.5. The predicted octanol–water partition coefficient (Wildman–Crippen LogP) is 1.53. The summed E-state index contributed by atoms with van der Waals surface area (Å²) in [7, 11) is 0. The first-order chi connectivity index (χ1) is 7.70. The van der Waals surface area contributed by atoms with Crippen molar-refractivity contribution in [3.05, 3.63) is 22.5 Å². The van der Waals surface area contributed by atoms with E-state index in [2.05, 4.69) is 22.0 Å². The molecule has 2 heterocycles. The van der Waals surface area contributed by atoms with Crippen LogP contribution in [0.2, 0.25) is 0 Å². The maximum Gasteiger partial charge on any atom is 0.305 e. The number of nitro groups is 1. The molecule has 8 heteroatoms. The van der Waals surface area contributed by atoms with Gasteiger partial charge < -0.3 is 0 Å². The van der Waals surface area contributed by atoms with Crippen LogP contribution >= 0.6 is 11.8 Å². The first kappa shape index (κ1) is 10.8. The SMILES string of the molecule is CCCSc1nc2ncc([N+](=O)[O-])cn2n1. The highest BCUT2D eigenvalue weighted by atomic mass is 32.2. The molecule has 7 nitrogen and oxygen atoms in total. The summed E-state index contributed by atoms with van der Waals surface area (Å²) in [5, 5.41) is 15.2. The Labute approximate surface area is 95.0 Å². The number of hydrogen-bond donors (Lipinski definition) is 0. The van der Waals surface area contributed by atoms with Gasteiger partial charge in [-0.25, -0.2) is 4.98 Å². The Bertz CT molecular complexity index is 526. The summed E-state index contributed by atoms with van der Waals surface area (Å²) in [5.74, 6) is 1.29. The molecule has 2 rings (SSSR count). The van der Waals surface area contributed by atoms with Crippen LogP contribution in [-0.2, 0) is 0 Å². The maximum atomic E-state index is 10.5. The molecule has 2 aromatic heterocycles. The molecule has 0 aliphatic rings. The van der Waals surface area contributed by atoms with Crippen molar-refractivity contribution in [2.24, 2.45) is 0 Å². The fourth-order valence-corrected chi connectivity index (χ4v) is 1.78. The van der Waals surface area contributed by atoms with Gasteiger partial charge in [0.1, 0.15) is 12.4 Å². The highest BCUT2D eigenvalue weighted by Crippen LogP contribution is 2.16. The average Bonchev–Trinajstić information content (AvgIpc) is 2.67. The third-order valence-corrected chi connectivity index (χ3v) is 2.85. The highest BCUT2D eigenvalue weighted by Gasteiger charge is 2.10. The zero-order chi connectivity index (χ0) is 11.5. The molecule has 16 heavy (non-hydrogen) atoms. The highest BCUT2D eigenvalue weighted by molar-refractivity contribution is 7.99. The Kier molecular flexibility index (Phi) is 3.00. The van der Waals surface area contributed by atoms with Crippen LogP contribution in [0.1, 0.15) is 13.3 Å². The van der Waals surface area contributed by atoms with E-state index in [0.29, 0.717) is 10.9 Å². The summed E-state index contributed by atoms with van der Waals surface area (Å²) >= 11 is 1.51. The molecule has 84 valence electrons. The van der Waals surface area contributed by atoms with Gasteiger partial charge in [-0.2, -0.15) is 9.50 Å². The van der Waals surface area contributed by atoms with E-state index in [4.69, 9.17) is 0 Å². The van der Waals surface area contributed by atoms with E-state index in [9.17, 15) is 10.1 Å². The molecule has 0 bridgehead atoms. The third-order valence-electron chi connectivity index (χ3n) is 1.81. The fraction of sp³-hybridized carbons (Fsp3) is 0.375. The molecule has 0 spiro atoms. The smallest absolute Gasteiger partial charge is 0.258 e. The topological polar surface area (TPSA) is 86.2 Å². The number of thioether (sulfide) groups is 1. The summed E-state index contributed by atoms with van der Waals surface area (Å²) in [6.45, 7) is 2.06. The first-order valence-electron chi connectivity index (χ1n) is 4.70. The van der Waals surface area contributed by atoms with Crippen molar-refractivity contribution in [1.82, 2.24) is 19.6 Å². The molecule has 0 atom stereocenters. The van der Waals surface area contributed by atoms with Crippen LogP contribution < -0.4 is 0 Å². The summed E-state index contributed by atoms with van der Waals surface area (Å²) in [6.07, 6.45) is 3.51. The molecule has 0 saturated heterocycles. The molecule has 0 aliphatic heterocycles. The lowest BCUT2D eigenvalue weighted by atomic mass is 10.6. The van der Waals surface area contributed by atoms with E-state index in [1.807, 2.05) is 0 Å². The lowest BCUT2D eigenvalue weighted by Gasteiger charge is -1.90. The second-order valence-corrected chi connectivity index (χ2v) is 4.12. The van der Waals surface area contributed by atoms with Crippen LogP contribution in [0.25, 0.3) is 5.78 Å². The average molecular weight is 239 g/mol. The Morgan fingerprint density at radius 3 is 3.12 bits per heavy atom. The monoisotopic (exact) mass is 239 g/mol. The molecular weight excluding hydrogens is 230 g/mol. The van der Waals surface area contributed by atoms with Crippen LogP contribution in [0.5, 0.6) is 0 Å². The molecule has 0 saturated carbocycles. The quantitative estimate of drug-likeness (QED) is 0.457. The Morgan fingerprint density at radius 1 is 1.62 bits per heavy atom. The molecule has 0 fully saturated rings. The minimum absolute atomic E-state index is 0.0931. The van der Waals surface area contributed by atoms with Gasteiger partial charge in [0.05, 0.1) is 4.92 Å². The van der Waals surface area contributed by atoms with E-state index >= 15 is 0 Å². The van der Waals surface area contributed by atoms with Gasteiger partial charge in [0.25, 0.3) is 5.78 Å². The second kappa shape index (κ2) is 4.44. The lowest BCUT2D eigenvalue weighted by Crippen LogP contribution is -1.95. The summed E-state index contributed by atoms with van der Waals surface area (Å²) in [5.41, 5.74) is -0.0931. The number of fused-ring (bicyclic) bond motifs is 1. The van der Waals surface area contributed by atoms with Gasteiger partial charge in [-0.15, -0.1) is 5.10 Å². The third kappa shape index (κ3) is 2.11. The van der Waals surface area contributed by atoms with E-state index in [1.54, 1.807) is 0 Å². The van der Waals surface area contributed by atoms with Crippen LogP contribution in [-0.4, -0.2) is 30.3 Å². The van der Waals surface area contributed by atoms with Crippen molar-refractivity contribution in [3.8, 4) is 0 Å². The van der Waals surface area contributed by atoms with Gasteiger partial charge in [-0.3, -0.25) is 10.1 Å². The van der Waals surface area contributed by atoms with E-state index in [0.717, 1.165) is 12.2 Å². The van der Waals surface area contributed by atoms with Gasteiger partial charge in [-0.05, 0) is 6.42 Å². The summed E-state index contributed by atoms with van der Waals surface area (Å²) in [6, 6.07) is 0. The van der Waals surface area contributed by atoms with Crippen molar-refractivity contribution >= 4 is 23.2 Å². The van der Waals surface area contributed by atoms with Crippen LogP contribution in [0.4, 0.5) is 5.69 Å². The fourth-order valence-electron chi connectivity index (χ4n) is 1.10. The van der Waals surface area contributed by atoms with Gasteiger partial charge >= 0.3 is 5.69 Å². The number of hydrogen-bond acceptors (Lipinski definition) is 6. The van der Waals surface area contributed by atoms with Crippen molar-refractivity contribution in [1.29, 1.82) is 0 Å². The number of aromatic nitrogens is 4. The van der Waals surface area contributed by atoms with Crippen molar-refractivity contribution < 1.29 is 4.92 Å². The minimum Gasteiger partial charge on any atom is -0.258 e. The zero-order valence-electron chi connectivity index (χ0n) is 8.53. The van der Waals surface area contributed by atoms with E-state index in [-0.39, 0.29) is 5.69 Å². The molecular formula is C8H9N5O2S. The van der Waals surface area contributed by atoms with Crippen LogP contribution in [0, 0.1) is 10.1 Å². The molecule has 2 aromatic rings. The number of rotatable bonds is 4. The minimum atomic E-state index is -0.507. The molecule has 0 unspecified atom stereocenters. The van der Waals surface area contributed by atoms with Crippen LogP contribution in [0.3, 0.4) is 0 Å². The Hall–Kier alpha value is -1.70. The first-order valence-corrected chi connectivity index (χ1v) is 5.69.